The summed E-state index contributed by atoms with van der Waals surface area (Å²) in [6, 6.07) is 10.2. The van der Waals surface area contributed by atoms with Crippen molar-refractivity contribution in [2.24, 2.45) is 5.73 Å². The Morgan fingerprint density at radius 3 is 2.67 bits per heavy atom. The van der Waals surface area contributed by atoms with Crippen LogP contribution in [-0.4, -0.2) is 21.1 Å². The summed E-state index contributed by atoms with van der Waals surface area (Å²) in [5.74, 6) is 0. The van der Waals surface area contributed by atoms with Crippen LogP contribution in [0.5, 0.6) is 0 Å². The van der Waals surface area contributed by atoms with Gasteiger partial charge in [-0.1, -0.05) is 30.3 Å². The topological polar surface area (TPSA) is 56.2 Å². The van der Waals surface area contributed by atoms with Gasteiger partial charge in [-0.25, -0.2) is 9.50 Å². The maximum absolute atomic E-state index is 5.57. The molecule has 0 aliphatic rings. The molecule has 4 nitrogen and oxygen atoms in total. The summed E-state index contributed by atoms with van der Waals surface area (Å²) in [7, 11) is 0. The van der Waals surface area contributed by atoms with Gasteiger partial charge < -0.3 is 5.73 Å². The van der Waals surface area contributed by atoms with Gasteiger partial charge >= 0.3 is 0 Å². The molecule has 0 fully saturated rings. The van der Waals surface area contributed by atoms with E-state index in [4.69, 9.17) is 5.73 Å². The molecule has 3 rings (SSSR count). The van der Waals surface area contributed by atoms with E-state index in [2.05, 4.69) is 22.2 Å². The molecule has 0 aliphatic carbocycles. The minimum atomic E-state index is 0.615. The number of rotatable bonds is 3. The molecule has 0 saturated carbocycles. The Labute approximate surface area is 105 Å². The highest BCUT2D eigenvalue weighted by atomic mass is 15.2. The molecule has 18 heavy (non-hydrogen) atoms. The van der Waals surface area contributed by atoms with Gasteiger partial charge in [-0.05, 0) is 18.5 Å². The fraction of sp³-hybridized carbons (Fsp3) is 0.143. The second kappa shape index (κ2) is 4.58. The Kier molecular flexibility index (Phi) is 2.78. The Morgan fingerprint density at radius 2 is 1.89 bits per heavy atom. The molecule has 4 heteroatoms. The number of nitrogens with two attached hydrogens (primary N) is 1. The van der Waals surface area contributed by atoms with Crippen LogP contribution >= 0.6 is 0 Å². The molecule has 0 unspecified atom stereocenters. The zero-order valence-electron chi connectivity index (χ0n) is 9.95. The van der Waals surface area contributed by atoms with Crippen LogP contribution in [0.2, 0.25) is 0 Å². The van der Waals surface area contributed by atoms with E-state index in [0.29, 0.717) is 6.54 Å². The molecule has 0 spiro atoms. The minimum Gasteiger partial charge on any atom is -0.330 e. The second-order valence-electron chi connectivity index (χ2n) is 4.19. The number of hydrogen-bond acceptors (Lipinski definition) is 3. The van der Waals surface area contributed by atoms with Crippen LogP contribution < -0.4 is 5.73 Å². The van der Waals surface area contributed by atoms with Crippen LogP contribution in [0.3, 0.4) is 0 Å². The Balaban J connectivity index is 2.07. The van der Waals surface area contributed by atoms with Crippen molar-refractivity contribution in [1.82, 2.24) is 14.6 Å². The molecule has 0 bridgehead atoms. The predicted molar refractivity (Wildman–Crippen MR) is 71.2 cm³/mol. The van der Waals surface area contributed by atoms with Crippen LogP contribution in [0.1, 0.15) is 5.56 Å². The molecular weight excluding hydrogens is 224 g/mol. The quantitative estimate of drug-likeness (QED) is 0.758. The second-order valence-corrected chi connectivity index (χ2v) is 4.19. The van der Waals surface area contributed by atoms with Crippen LogP contribution in [0.4, 0.5) is 0 Å². The maximum Gasteiger partial charge on any atom is 0.158 e. The maximum atomic E-state index is 5.57. The molecule has 1 aromatic carbocycles. The number of benzene rings is 1. The van der Waals surface area contributed by atoms with Crippen molar-refractivity contribution in [3.05, 3.63) is 54.5 Å². The fourth-order valence-corrected chi connectivity index (χ4v) is 2.04. The summed E-state index contributed by atoms with van der Waals surface area (Å²) in [5, 5.41) is 4.32. The van der Waals surface area contributed by atoms with Crippen molar-refractivity contribution >= 4 is 5.65 Å². The number of fused-ring (bicyclic) bond motifs is 1. The average molecular weight is 238 g/mol. The summed E-state index contributed by atoms with van der Waals surface area (Å²) in [4.78, 5) is 4.48. The van der Waals surface area contributed by atoms with E-state index in [9.17, 15) is 0 Å². The van der Waals surface area contributed by atoms with Crippen LogP contribution in [0, 0.1) is 0 Å². The smallest absolute Gasteiger partial charge is 0.158 e. The van der Waals surface area contributed by atoms with Crippen LogP contribution in [0.25, 0.3) is 16.8 Å². The van der Waals surface area contributed by atoms with Crippen LogP contribution in [-0.2, 0) is 6.42 Å². The predicted octanol–water partition coefficient (Wildman–Crippen LogP) is 1.90. The lowest BCUT2D eigenvalue weighted by atomic mass is 10.1. The summed E-state index contributed by atoms with van der Waals surface area (Å²) in [6.45, 7) is 0.615. The van der Waals surface area contributed by atoms with Gasteiger partial charge in [0.2, 0.25) is 0 Å². The Bertz CT molecular complexity index is 658. The van der Waals surface area contributed by atoms with E-state index >= 15 is 0 Å². The van der Waals surface area contributed by atoms with Gasteiger partial charge in [-0.15, -0.1) is 0 Å². The zero-order chi connectivity index (χ0) is 12.4. The molecule has 2 N–H and O–H groups in total. The first-order valence-corrected chi connectivity index (χ1v) is 5.96. The van der Waals surface area contributed by atoms with Gasteiger partial charge in [-0.2, -0.15) is 5.10 Å². The summed E-state index contributed by atoms with van der Waals surface area (Å²) in [6.07, 6.45) is 6.52. The van der Waals surface area contributed by atoms with Gasteiger partial charge in [0.1, 0.15) is 0 Å². The SMILES string of the molecule is NCCc1cnn2cc(-c3ccccc3)cnc12. The lowest BCUT2D eigenvalue weighted by Crippen LogP contribution is -2.02. The first kappa shape index (κ1) is 10.9. The van der Waals surface area contributed by atoms with Crippen molar-refractivity contribution in [3.8, 4) is 11.1 Å². The van der Waals surface area contributed by atoms with Gasteiger partial charge in [0.25, 0.3) is 0 Å². The lowest BCUT2D eigenvalue weighted by Gasteiger charge is -2.02. The van der Waals surface area contributed by atoms with E-state index in [0.717, 1.165) is 28.8 Å². The third-order valence-corrected chi connectivity index (χ3v) is 2.95. The minimum absolute atomic E-state index is 0.615. The normalized spacial score (nSPS) is 10.9. The van der Waals surface area contributed by atoms with Crippen molar-refractivity contribution in [3.63, 3.8) is 0 Å². The molecular formula is C14H14N4. The van der Waals surface area contributed by atoms with E-state index in [-0.39, 0.29) is 0 Å². The summed E-state index contributed by atoms with van der Waals surface area (Å²) >= 11 is 0. The average Bonchev–Trinajstić information content (AvgIpc) is 2.83. The fourth-order valence-electron chi connectivity index (χ4n) is 2.04. The molecule has 0 atom stereocenters. The Hall–Kier alpha value is -2.20. The largest absolute Gasteiger partial charge is 0.330 e. The molecule has 3 aromatic rings. The Morgan fingerprint density at radius 1 is 1.06 bits per heavy atom. The third-order valence-electron chi connectivity index (χ3n) is 2.95. The van der Waals surface area contributed by atoms with Crippen molar-refractivity contribution in [1.29, 1.82) is 0 Å². The highest BCUT2D eigenvalue weighted by Crippen LogP contribution is 2.19. The summed E-state index contributed by atoms with van der Waals surface area (Å²) in [5.41, 5.74) is 9.75. The lowest BCUT2D eigenvalue weighted by molar-refractivity contribution is 0.940. The first-order chi connectivity index (χ1) is 8.88. The first-order valence-electron chi connectivity index (χ1n) is 5.96. The third kappa shape index (κ3) is 1.87. The highest BCUT2D eigenvalue weighted by Gasteiger charge is 2.06. The van der Waals surface area contributed by atoms with E-state index < -0.39 is 0 Å². The van der Waals surface area contributed by atoms with Gasteiger partial charge in [0.05, 0.1) is 6.20 Å². The monoisotopic (exact) mass is 238 g/mol. The molecule has 0 amide bonds. The summed E-state index contributed by atoms with van der Waals surface area (Å²) < 4.78 is 1.81. The number of aromatic nitrogens is 3. The molecule has 2 aromatic heterocycles. The van der Waals surface area contributed by atoms with E-state index in [1.54, 1.807) is 0 Å². The van der Waals surface area contributed by atoms with Crippen molar-refractivity contribution in [2.45, 2.75) is 6.42 Å². The number of hydrogen-bond donors (Lipinski definition) is 1. The van der Waals surface area contributed by atoms with Gasteiger partial charge in [0, 0.05) is 23.5 Å². The molecule has 0 radical (unpaired) electrons. The van der Waals surface area contributed by atoms with Crippen molar-refractivity contribution < 1.29 is 0 Å². The van der Waals surface area contributed by atoms with E-state index in [1.807, 2.05) is 41.3 Å². The standard InChI is InChI=1S/C14H14N4/c15-7-6-12-9-17-18-10-13(8-16-14(12)18)11-4-2-1-3-5-11/h1-5,8-10H,6-7,15H2. The molecule has 90 valence electrons. The molecule has 0 saturated heterocycles. The molecule has 2 heterocycles. The molecule has 0 aliphatic heterocycles. The van der Waals surface area contributed by atoms with Crippen molar-refractivity contribution in [2.75, 3.05) is 6.54 Å². The van der Waals surface area contributed by atoms with Gasteiger partial charge in [-0.3, -0.25) is 0 Å². The highest BCUT2D eigenvalue weighted by molar-refractivity contribution is 5.63. The van der Waals surface area contributed by atoms with Crippen LogP contribution in [0.15, 0.2) is 48.9 Å². The van der Waals surface area contributed by atoms with Gasteiger partial charge in [0.15, 0.2) is 5.65 Å². The zero-order valence-corrected chi connectivity index (χ0v) is 9.95. The van der Waals surface area contributed by atoms with E-state index in [1.165, 1.54) is 0 Å². The number of nitrogens with zero attached hydrogens (tertiary/aromatic N) is 3.